The zero-order chi connectivity index (χ0) is 33.6. The predicted octanol–water partition coefficient (Wildman–Crippen LogP) is 4.42. The lowest BCUT2D eigenvalue weighted by atomic mass is 9.90. The van der Waals surface area contributed by atoms with Crippen LogP contribution < -0.4 is 22.1 Å². The van der Waals surface area contributed by atoms with Crippen LogP contribution in [0.4, 0.5) is 4.79 Å². The molecule has 11 heteroatoms. The highest BCUT2D eigenvalue weighted by Crippen LogP contribution is 2.22. The van der Waals surface area contributed by atoms with Crippen LogP contribution in [-0.4, -0.2) is 47.4 Å². The summed E-state index contributed by atoms with van der Waals surface area (Å²) in [6.45, 7) is 3.97. The minimum Gasteiger partial charge on any atom is -0.508 e. The first-order chi connectivity index (χ1) is 21.9. The molecule has 3 rings (SSSR count). The van der Waals surface area contributed by atoms with Crippen LogP contribution in [0.2, 0.25) is 5.02 Å². The Morgan fingerprint density at radius 3 is 2.24 bits per heavy atom. The number of hydrogen-bond acceptors (Lipinski definition) is 7. The van der Waals surface area contributed by atoms with Crippen molar-refractivity contribution in [1.29, 1.82) is 0 Å². The summed E-state index contributed by atoms with van der Waals surface area (Å²) >= 11 is 6.10. The topological polar surface area (TPSA) is 174 Å². The van der Waals surface area contributed by atoms with Gasteiger partial charge in [0.15, 0.2) is 5.78 Å². The van der Waals surface area contributed by atoms with Crippen molar-refractivity contribution in [1.82, 2.24) is 10.6 Å². The molecule has 1 unspecified atom stereocenters. The largest absolute Gasteiger partial charge is 0.508 e. The van der Waals surface area contributed by atoms with E-state index in [2.05, 4.69) is 10.6 Å². The van der Waals surface area contributed by atoms with Crippen LogP contribution in [0, 0.1) is 19.8 Å². The first-order valence-corrected chi connectivity index (χ1v) is 15.7. The maximum absolute atomic E-state index is 13.5. The summed E-state index contributed by atoms with van der Waals surface area (Å²) in [5.41, 5.74) is 16.0. The average molecular weight is 651 g/mol. The quantitative estimate of drug-likeness (QED) is 0.134. The minimum atomic E-state index is -0.956. The van der Waals surface area contributed by atoms with E-state index in [1.54, 1.807) is 36.4 Å². The molecule has 0 spiro atoms. The highest BCUT2D eigenvalue weighted by molar-refractivity contribution is 6.31. The van der Waals surface area contributed by atoms with Gasteiger partial charge in [-0.2, -0.15) is 0 Å². The van der Waals surface area contributed by atoms with Gasteiger partial charge in [0, 0.05) is 29.5 Å². The van der Waals surface area contributed by atoms with Crippen molar-refractivity contribution in [2.45, 2.75) is 71.1 Å². The Balaban J connectivity index is 1.61. The van der Waals surface area contributed by atoms with E-state index in [-0.39, 0.29) is 43.9 Å². The number of ether oxygens (including phenoxy) is 1. The molecule has 3 aromatic carbocycles. The van der Waals surface area contributed by atoms with E-state index in [1.165, 1.54) is 0 Å². The number of rotatable bonds is 17. The molecule has 0 aliphatic carbocycles. The number of primary amides is 1. The first-order valence-electron chi connectivity index (χ1n) is 15.3. The summed E-state index contributed by atoms with van der Waals surface area (Å²) in [6, 6.07) is 17.7. The Bertz CT molecular complexity index is 1480. The molecule has 0 aliphatic rings. The van der Waals surface area contributed by atoms with E-state index >= 15 is 0 Å². The Kier molecular flexibility index (Phi) is 14.0. The number of benzene rings is 3. The third kappa shape index (κ3) is 11.5. The number of phenolic OH excluding ortho intramolecular Hbond substituents is 1. The first kappa shape index (κ1) is 36.1. The number of nitrogens with one attached hydrogen (secondary N) is 2. The molecule has 0 bridgehead atoms. The van der Waals surface area contributed by atoms with E-state index in [0.29, 0.717) is 29.8 Å². The van der Waals surface area contributed by atoms with Crippen molar-refractivity contribution in [3.05, 3.63) is 99.6 Å². The van der Waals surface area contributed by atoms with Crippen LogP contribution in [0.25, 0.3) is 0 Å². The number of halogens is 1. The molecule has 3 amide bonds. The number of carbonyl (C=O) groups excluding carboxylic acids is 4. The molecule has 0 fully saturated rings. The van der Waals surface area contributed by atoms with Gasteiger partial charge in [-0.05, 0) is 86.4 Å². The molecule has 0 aliphatic heterocycles. The van der Waals surface area contributed by atoms with Crippen molar-refractivity contribution in [2.24, 2.45) is 17.4 Å². The standard InChI is InChI=1S/C35H43ClN4O6/c1-22-16-27(41)17-23(2)28(22)20-30(37)34(44)40-31(32(42)19-26(33(38)43)18-24-10-4-3-5-11-24)14-8-9-15-39-35(45)46-21-25-12-6-7-13-29(25)36/h3-7,10-13,16-17,26,30-31,41H,8-9,14-15,18-21,37H2,1-2H3,(H2,38,43)(H,39,45)(H,40,44)/t26-,30?,31+/m1/s1. The van der Waals surface area contributed by atoms with Crippen LogP contribution >= 0.6 is 11.6 Å². The Morgan fingerprint density at radius 1 is 0.935 bits per heavy atom. The molecule has 3 atom stereocenters. The minimum absolute atomic E-state index is 0.0293. The molecule has 0 saturated carbocycles. The number of amides is 3. The maximum Gasteiger partial charge on any atom is 0.407 e. The van der Waals surface area contributed by atoms with Gasteiger partial charge in [-0.25, -0.2) is 4.79 Å². The van der Waals surface area contributed by atoms with Gasteiger partial charge in [-0.3, -0.25) is 14.4 Å². The van der Waals surface area contributed by atoms with Gasteiger partial charge in [0.1, 0.15) is 12.4 Å². The zero-order valence-corrected chi connectivity index (χ0v) is 27.0. The average Bonchev–Trinajstić information content (AvgIpc) is 3.01. The number of Topliss-reactive ketones (excluding diaryl/α,β-unsaturated/α-hetero) is 1. The second-order valence-electron chi connectivity index (χ2n) is 11.5. The van der Waals surface area contributed by atoms with Crippen LogP contribution in [0.5, 0.6) is 5.75 Å². The third-order valence-electron chi connectivity index (χ3n) is 7.83. The Morgan fingerprint density at radius 2 is 1.59 bits per heavy atom. The van der Waals surface area contributed by atoms with Crippen molar-refractivity contribution in [3.63, 3.8) is 0 Å². The summed E-state index contributed by atoms with van der Waals surface area (Å²) in [6.07, 6.45) is 1.01. The Labute approximate surface area is 274 Å². The van der Waals surface area contributed by atoms with Crippen LogP contribution in [0.15, 0.2) is 66.7 Å². The summed E-state index contributed by atoms with van der Waals surface area (Å²) in [5.74, 6) is -2.06. The number of phenols is 1. The Hall–Kier alpha value is -4.41. The molecule has 7 N–H and O–H groups in total. The monoisotopic (exact) mass is 650 g/mol. The fourth-order valence-corrected chi connectivity index (χ4v) is 5.42. The highest BCUT2D eigenvalue weighted by Gasteiger charge is 2.28. The molecule has 46 heavy (non-hydrogen) atoms. The van der Waals surface area contributed by atoms with Gasteiger partial charge in [-0.15, -0.1) is 0 Å². The number of alkyl carbamates (subject to hydrolysis) is 1. The van der Waals surface area contributed by atoms with E-state index in [4.69, 9.17) is 27.8 Å². The van der Waals surface area contributed by atoms with Gasteiger partial charge >= 0.3 is 6.09 Å². The summed E-state index contributed by atoms with van der Waals surface area (Å²) < 4.78 is 5.22. The summed E-state index contributed by atoms with van der Waals surface area (Å²) in [5, 5.41) is 15.8. The SMILES string of the molecule is Cc1cc(O)cc(C)c1CC(N)C(=O)N[C@@H](CCCCNC(=O)OCc1ccccc1Cl)C(=O)C[C@@H](Cc1ccccc1)C(N)=O. The van der Waals surface area contributed by atoms with Crippen molar-refractivity contribution >= 4 is 35.3 Å². The number of hydrogen-bond donors (Lipinski definition) is 5. The molecular formula is C35H43ClN4O6. The van der Waals surface area contributed by atoms with Crippen molar-refractivity contribution < 1.29 is 29.0 Å². The van der Waals surface area contributed by atoms with E-state index in [1.807, 2.05) is 44.2 Å². The van der Waals surface area contributed by atoms with Crippen LogP contribution in [0.1, 0.15) is 53.5 Å². The van der Waals surface area contributed by atoms with Crippen molar-refractivity contribution in [3.8, 4) is 5.75 Å². The van der Waals surface area contributed by atoms with Gasteiger partial charge in [-0.1, -0.05) is 60.1 Å². The van der Waals surface area contributed by atoms with Gasteiger partial charge < -0.3 is 31.9 Å². The summed E-state index contributed by atoms with van der Waals surface area (Å²) in [4.78, 5) is 51.2. The lowest BCUT2D eigenvalue weighted by Gasteiger charge is -2.23. The molecule has 0 heterocycles. The number of carbonyl (C=O) groups is 4. The van der Waals surface area contributed by atoms with Gasteiger partial charge in [0.25, 0.3) is 0 Å². The molecule has 0 saturated heterocycles. The molecular weight excluding hydrogens is 608 g/mol. The predicted molar refractivity (Wildman–Crippen MR) is 177 cm³/mol. The lowest BCUT2D eigenvalue weighted by Crippen LogP contribution is -2.50. The molecule has 3 aromatic rings. The maximum atomic E-state index is 13.5. The number of nitrogens with two attached hydrogens (primary N) is 2. The van der Waals surface area contributed by atoms with Crippen molar-refractivity contribution in [2.75, 3.05) is 6.54 Å². The second kappa shape index (κ2) is 17.9. The van der Waals surface area contributed by atoms with Crippen LogP contribution in [0.3, 0.4) is 0 Å². The molecule has 246 valence electrons. The lowest BCUT2D eigenvalue weighted by molar-refractivity contribution is -0.131. The number of aromatic hydroxyl groups is 1. The fraction of sp³-hybridized carbons (Fsp3) is 0.371. The molecule has 10 nitrogen and oxygen atoms in total. The molecule has 0 aromatic heterocycles. The summed E-state index contributed by atoms with van der Waals surface area (Å²) in [7, 11) is 0. The fourth-order valence-electron chi connectivity index (χ4n) is 5.23. The smallest absolute Gasteiger partial charge is 0.407 e. The third-order valence-corrected chi connectivity index (χ3v) is 8.20. The zero-order valence-electron chi connectivity index (χ0n) is 26.3. The second-order valence-corrected chi connectivity index (χ2v) is 11.9. The van der Waals surface area contributed by atoms with E-state index in [0.717, 1.165) is 22.3 Å². The van der Waals surface area contributed by atoms with Crippen LogP contribution in [-0.2, 0) is 38.6 Å². The van der Waals surface area contributed by atoms with Gasteiger partial charge in [0.2, 0.25) is 11.8 Å². The normalized spacial score (nSPS) is 12.9. The number of ketones is 1. The van der Waals surface area contributed by atoms with E-state index < -0.39 is 35.9 Å². The molecule has 0 radical (unpaired) electrons. The van der Waals surface area contributed by atoms with Gasteiger partial charge in [0.05, 0.1) is 12.1 Å². The van der Waals surface area contributed by atoms with E-state index in [9.17, 15) is 24.3 Å². The number of unbranched alkanes of at least 4 members (excludes halogenated alkanes) is 1. The number of aryl methyl sites for hydroxylation is 2. The highest BCUT2D eigenvalue weighted by atomic mass is 35.5.